The van der Waals surface area contributed by atoms with E-state index in [1.54, 1.807) is 11.0 Å². The molecule has 14 heavy (non-hydrogen) atoms. The summed E-state index contributed by atoms with van der Waals surface area (Å²) in [6, 6.07) is -0.196. The third-order valence-corrected chi connectivity index (χ3v) is 2.07. The van der Waals surface area contributed by atoms with Crippen LogP contribution in [0.5, 0.6) is 0 Å². The van der Waals surface area contributed by atoms with E-state index in [0.29, 0.717) is 12.8 Å². The third kappa shape index (κ3) is 2.52. The Hall–Kier alpha value is -1.45. The summed E-state index contributed by atoms with van der Waals surface area (Å²) in [6.45, 7) is 3.80. The highest BCUT2D eigenvalue weighted by atomic mass is 16.1. The molecule has 1 aromatic rings. The zero-order valence-electron chi connectivity index (χ0n) is 8.55. The van der Waals surface area contributed by atoms with E-state index in [9.17, 15) is 4.79 Å². The fourth-order valence-electron chi connectivity index (χ4n) is 1.27. The number of rotatable bonds is 5. The van der Waals surface area contributed by atoms with Gasteiger partial charge in [-0.3, -0.25) is 4.79 Å². The van der Waals surface area contributed by atoms with E-state index >= 15 is 0 Å². The maximum Gasteiger partial charge on any atom is 0.157 e. The number of carbonyl (C=O) groups excluding carboxylic acids is 1. The van der Waals surface area contributed by atoms with Crippen molar-refractivity contribution in [2.24, 2.45) is 0 Å². The van der Waals surface area contributed by atoms with Gasteiger partial charge in [0.15, 0.2) is 5.78 Å². The van der Waals surface area contributed by atoms with Gasteiger partial charge in [0.2, 0.25) is 0 Å². The molecule has 1 heterocycles. The predicted molar refractivity (Wildman–Crippen MR) is 53.8 cm³/mol. The third-order valence-electron chi connectivity index (χ3n) is 2.07. The van der Waals surface area contributed by atoms with Crippen LogP contribution in [0, 0.1) is 0 Å². The molecule has 1 atom stereocenters. The Kier molecular flexibility index (Phi) is 4.04. The maximum absolute atomic E-state index is 11.6. The van der Waals surface area contributed by atoms with E-state index in [1.165, 1.54) is 6.33 Å². The van der Waals surface area contributed by atoms with Crippen LogP contribution in [0.4, 0.5) is 0 Å². The van der Waals surface area contributed by atoms with E-state index in [4.69, 9.17) is 0 Å². The summed E-state index contributed by atoms with van der Waals surface area (Å²) in [5.41, 5.74) is 0. The van der Waals surface area contributed by atoms with E-state index in [0.717, 1.165) is 0 Å². The number of hydrogen-bond acceptors (Lipinski definition) is 3. The predicted octanol–water partition coefficient (Wildman–Crippen LogP) is 1.76. The molecule has 0 radical (unpaired) electrons. The van der Waals surface area contributed by atoms with Gasteiger partial charge in [0, 0.05) is 6.42 Å². The molecule has 0 N–H and O–H groups in total. The van der Waals surface area contributed by atoms with Crippen LogP contribution in [-0.4, -0.2) is 20.5 Å². The highest BCUT2D eigenvalue weighted by molar-refractivity contribution is 5.82. The first-order valence-corrected chi connectivity index (χ1v) is 4.77. The second kappa shape index (κ2) is 5.32. The van der Waals surface area contributed by atoms with Crippen molar-refractivity contribution >= 4 is 5.78 Å². The Morgan fingerprint density at radius 2 is 2.43 bits per heavy atom. The van der Waals surface area contributed by atoms with Crippen molar-refractivity contribution in [3.63, 3.8) is 0 Å². The minimum absolute atomic E-state index is 0.189. The molecule has 1 aromatic heterocycles. The summed E-state index contributed by atoms with van der Waals surface area (Å²) in [5.74, 6) is 0.189. The molecule has 4 heteroatoms. The van der Waals surface area contributed by atoms with Crippen LogP contribution in [0.3, 0.4) is 0 Å². The molecule has 0 aliphatic rings. The van der Waals surface area contributed by atoms with E-state index in [2.05, 4.69) is 10.1 Å². The van der Waals surface area contributed by atoms with Crippen molar-refractivity contribution in [1.82, 2.24) is 14.8 Å². The Morgan fingerprint density at radius 1 is 1.64 bits per heavy atom. The van der Waals surface area contributed by atoms with Gasteiger partial charge in [0.1, 0.15) is 18.7 Å². The molecule has 0 saturated heterocycles. The molecule has 1 unspecified atom stereocenters. The number of aromatic nitrogens is 3. The second-order valence-electron chi connectivity index (χ2n) is 3.02. The number of nitrogens with zero attached hydrogens (tertiary/aromatic N) is 3. The summed E-state index contributed by atoms with van der Waals surface area (Å²) >= 11 is 0. The van der Waals surface area contributed by atoms with Crippen molar-refractivity contribution < 1.29 is 4.79 Å². The van der Waals surface area contributed by atoms with Crippen LogP contribution in [0.2, 0.25) is 0 Å². The van der Waals surface area contributed by atoms with Gasteiger partial charge in [-0.25, -0.2) is 9.67 Å². The lowest BCUT2D eigenvalue weighted by Crippen LogP contribution is -2.18. The summed E-state index contributed by atoms with van der Waals surface area (Å²) < 4.78 is 1.62. The summed E-state index contributed by atoms with van der Waals surface area (Å²) in [5, 5.41) is 3.99. The van der Waals surface area contributed by atoms with Gasteiger partial charge >= 0.3 is 0 Å². The lowest BCUT2D eigenvalue weighted by molar-refractivity contribution is -0.122. The Bertz CT molecular complexity index is 303. The number of Topliss-reactive ketones (excluding diaryl/α,β-unsaturated/α-hetero) is 1. The van der Waals surface area contributed by atoms with Crippen LogP contribution in [0.25, 0.3) is 0 Å². The van der Waals surface area contributed by atoms with Crippen molar-refractivity contribution in [2.75, 3.05) is 0 Å². The smallest absolute Gasteiger partial charge is 0.157 e. The first-order chi connectivity index (χ1) is 6.79. The zero-order chi connectivity index (χ0) is 10.4. The average molecular weight is 193 g/mol. The molecular weight excluding hydrogens is 178 g/mol. The molecule has 0 saturated carbocycles. The second-order valence-corrected chi connectivity index (χ2v) is 3.02. The summed E-state index contributed by atoms with van der Waals surface area (Å²) in [4.78, 5) is 15.4. The molecule has 0 aromatic carbocycles. The maximum atomic E-state index is 11.6. The lowest BCUT2D eigenvalue weighted by atomic mass is 10.1. The van der Waals surface area contributed by atoms with Crippen LogP contribution in [-0.2, 0) is 4.79 Å². The van der Waals surface area contributed by atoms with Crippen LogP contribution in [0.1, 0.15) is 32.7 Å². The Labute approximate surface area is 83.6 Å². The van der Waals surface area contributed by atoms with Gasteiger partial charge < -0.3 is 0 Å². The monoisotopic (exact) mass is 193 g/mol. The minimum atomic E-state index is -0.196. The largest absolute Gasteiger partial charge is 0.297 e. The van der Waals surface area contributed by atoms with Crippen molar-refractivity contribution in [2.45, 2.75) is 32.7 Å². The van der Waals surface area contributed by atoms with E-state index in [1.807, 2.05) is 26.0 Å². The molecule has 0 spiro atoms. The number of hydrogen-bond donors (Lipinski definition) is 0. The fourth-order valence-corrected chi connectivity index (χ4v) is 1.27. The van der Waals surface area contributed by atoms with Gasteiger partial charge in [-0.15, -0.1) is 0 Å². The molecule has 0 aliphatic carbocycles. The molecule has 0 amide bonds. The average Bonchev–Trinajstić information content (AvgIpc) is 2.71. The molecular formula is C10H15N3O. The van der Waals surface area contributed by atoms with E-state index in [-0.39, 0.29) is 11.8 Å². The van der Waals surface area contributed by atoms with Gasteiger partial charge in [0.25, 0.3) is 0 Å². The standard InChI is InChI=1S/C10H15N3O/c1-3-5-6-9(10(14)4-2)13-8-11-7-12-13/h3,5,7-9H,4,6H2,1-2H3. The first kappa shape index (κ1) is 10.6. The van der Waals surface area contributed by atoms with Crippen LogP contribution in [0.15, 0.2) is 24.8 Å². The minimum Gasteiger partial charge on any atom is -0.297 e. The van der Waals surface area contributed by atoms with Crippen molar-refractivity contribution in [1.29, 1.82) is 0 Å². The van der Waals surface area contributed by atoms with Crippen LogP contribution < -0.4 is 0 Å². The first-order valence-electron chi connectivity index (χ1n) is 4.77. The van der Waals surface area contributed by atoms with Gasteiger partial charge in [-0.2, -0.15) is 5.10 Å². The molecule has 1 rings (SSSR count). The highest BCUT2D eigenvalue weighted by Gasteiger charge is 2.17. The molecule has 0 fully saturated rings. The number of ketones is 1. The molecule has 76 valence electrons. The Morgan fingerprint density at radius 3 is 2.93 bits per heavy atom. The Balaban J connectivity index is 2.77. The molecule has 0 aliphatic heterocycles. The topological polar surface area (TPSA) is 47.8 Å². The number of carbonyl (C=O) groups is 1. The van der Waals surface area contributed by atoms with Crippen molar-refractivity contribution in [3.05, 3.63) is 24.8 Å². The summed E-state index contributed by atoms with van der Waals surface area (Å²) in [6.07, 6.45) is 8.16. The molecule has 4 nitrogen and oxygen atoms in total. The molecule has 0 bridgehead atoms. The van der Waals surface area contributed by atoms with Crippen molar-refractivity contribution in [3.8, 4) is 0 Å². The van der Waals surface area contributed by atoms with Crippen LogP contribution >= 0.6 is 0 Å². The highest BCUT2D eigenvalue weighted by Crippen LogP contribution is 2.13. The fraction of sp³-hybridized carbons (Fsp3) is 0.500. The zero-order valence-corrected chi connectivity index (χ0v) is 8.55. The normalized spacial score (nSPS) is 13.3. The lowest BCUT2D eigenvalue weighted by Gasteiger charge is -2.12. The number of allylic oxidation sites excluding steroid dienone is 2. The van der Waals surface area contributed by atoms with Gasteiger partial charge in [-0.05, 0) is 13.3 Å². The SMILES string of the molecule is CC=CCC(C(=O)CC)n1cncn1. The van der Waals surface area contributed by atoms with Gasteiger partial charge in [-0.1, -0.05) is 19.1 Å². The summed E-state index contributed by atoms with van der Waals surface area (Å²) in [7, 11) is 0. The van der Waals surface area contributed by atoms with E-state index < -0.39 is 0 Å². The quantitative estimate of drug-likeness (QED) is 0.669. The van der Waals surface area contributed by atoms with Gasteiger partial charge in [0.05, 0.1) is 0 Å².